The van der Waals surface area contributed by atoms with Crippen LogP contribution in [0.1, 0.15) is 38.7 Å². The SMILES string of the molecule is CCCCOc1cccc(CN=C(NCC)NCCCN2CCOCC2)c1.I. The molecular weight excluding hydrogens is 467 g/mol. The highest BCUT2D eigenvalue weighted by atomic mass is 127. The third-order valence-corrected chi connectivity index (χ3v) is 4.48. The predicted molar refractivity (Wildman–Crippen MR) is 127 cm³/mol. The lowest BCUT2D eigenvalue weighted by atomic mass is 10.2. The van der Waals surface area contributed by atoms with E-state index in [-0.39, 0.29) is 24.0 Å². The smallest absolute Gasteiger partial charge is 0.191 e. The Kier molecular flexibility index (Phi) is 14.1. The van der Waals surface area contributed by atoms with Crippen molar-refractivity contribution in [3.05, 3.63) is 29.8 Å². The van der Waals surface area contributed by atoms with E-state index in [9.17, 15) is 0 Å². The van der Waals surface area contributed by atoms with Crippen molar-refractivity contribution in [2.24, 2.45) is 4.99 Å². The van der Waals surface area contributed by atoms with Gasteiger partial charge in [0.05, 0.1) is 26.4 Å². The summed E-state index contributed by atoms with van der Waals surface area (Å²) < 4.78 is 11.2. The van der Waals surface area contributed by atoms with Crippen LogP contribution in [-0.2, 0) is 11.3 Å². The van der Waals surface area contributed by atoms with Gasteiger partial charge < -0.3 is 20.1 Å². The summed E-state index contributed by atoms with van der Waals surface area (Å²) in [6.07, 6.45) is 3.33. The summed E-state index contributed by atoms with van der Waals surface area (Å²) in [7, 11) is 0. The molecule has 1 heterocycles. The minimum atomic E-state index is 0. The Morgan fingerprint density at radius 3 is 2.75 bits per heavy atom. The first-order chi connectivity index (χ1) is 13.3. The van der Waals surface area contributed by atoms with Crippen LogP contribution in [-0.4, -0.2) is 63.4 Å². The van der Waals surface area contributed by atoms with Crippen LogP contribution < -0.4 is 15.4 Å². The third-order valence-electron chi connectivity index (χ3n) is 4.48. The van der Waals surface area contributed by atoms with Crippen molar-refractivity contribution in [1.29, 1.82) is 0 Å². The van der Waals surface area contributed by atoms with E-state index < -0.39 is 0 Å². The van der Waals surface area contributed by atoms with E-state index >= 15 is 0 Å². The largest absolute Gasteiger partial charge is 0.494 e. The van der Waals surface area contributed by atoms with Crippen LogP contribution in [0, 0.1) is 0 Å². The molecule has 2 rings (SSSR count). The number of morpholine rings is 1. The molecule has 2 N–H and O–H groups in total. The number of rotatable bonds is 11. The zero-order chi connectivity index (χ0) is 19.2. The molecule has 0 atom stereocenters. The normalized spacial score (nSPS) is 15.0. The summed E-state index contributed by atoms with van der Waals surface area (Å²) in [4.78, 5) is 7.17. The van der Waals surface area contributed by atoms with Gasteiger partial charge in [-0.05, 0) is 44.0 Å². The highest BCUT2D eigenvalue weighted by molar-refractivity contribution is 14.0. The number of benzene rings is 1. The molecule has 0 amide bonds. The topological polar surface area (TPSA) is 58.1 Å². The zero-order valence-electron chi connectivity index (χ0n) is 17.4. The van der Waals surface area contributed by atoms with Gasteiger partial charge in [0.25, 0.3) is 0 Å². The molecule has 1 aliphatic rings. The number of nitrogens with one attached hydrogen (secondary N) is 2. The first kappa shape index (κ1) is 25.0. The molecule has 7 heteroatoms. The van der Waals surface area contributed by atoms with E-state index in [2.05, 4.69) is 41.5 Å². The van der Waals surface area contributed by atoms with E-state index in [1.807, 2.05) is 12.1 Å². The molecule has 6 nitrogen and oxygen atoms in total. The number of nitrogens with zero attached hydrogens (tertiary/aromatic N) is 2. The van der Waals surface area contributed by atoms with Gasteiger partial charge in [-0.25, -0.2) is 4.99 Å². The number of ether oxygens (including phenoxy) is 2. The van der Waals surface area contributed by atoms with Gasteiger partial charge in [-0.15, -0.1) is 24.0 Å². The Hall–Kier alpha value is -1.06. The van der Waals surface area contributed by atoms with Crippen molar-refractivity contribution >= 4 is 29.9 Å². The maximum absolute atomic E-state index is 5.79. The van der Waals surface area contributed by atoms with Crippen molar-refractivity contribution in [3.63, 3.8) is 0 Å². The number of hydrogen-bond donors (Lipinski definition) is 2. The summed E-state index contributed by atoms with van der Waals surface area (Å²) in [5.74, 6) is 1.80. The Bertz CT molecular complexity index is 551. The molecular formula is C21H37IN4O2. The number of guanidine groups is 1. The second-order valence-corrected chi connectivity index (χ2v) is 6.78. The summed E-state index contributed by atoms with van der Waals surface area (Å²) >= 11 is 0. The van der Waals surface area contributed by atoms with Crippen LogP contribution in [0.5, 0.6) is 5.75 Å². The first-order valence-corrected chi connectivity index (χ1v) is 10.4. The Balaban J connectivity index is 0.00000392. The van der Waals surface area contributed by atoms with Gasteiger partial charge in [0.15, 0.2) is 5.96 Å². The third kappa shape index (κ3) is 10.5. The predicted octanol–water partition coefficient (Wildman–Crippen LogP) is 3.26. The van der Waals surface area contributed by atoms with Gasteiger partial charge in [0, 0.05) is 26.2 Å². The number of aliphatic imine (C=N–C) groups is 1. The molecule has 1 aromatic rings. The van der Waals surface area contributed by atoms with Crippen molar-refractivity contribution < 1.29 is 9.47 Å². The molecule has 160 valence electrons. The average Bonchev–Trinajstić information content (AvgIpc) is 2.70. The van der Waals surface area contributed by atoms with Crippen molar-refractivity contribution in [3.8, 4) is 5.75 Å². The molecule has 0 aliphatic carbocycles. The molecule has 1 saturated heterocycles. The van der Waals surface area contributed by atoms with Crippen LogP contribution in [0.2, 0.25) is 0 Å². The lowest BCUT2D eigenvalue weighted by Crippen LogP contribution is -2.40. The lowest BCUT2D eigenvalue weighted by Gasteiger charge is -2.26. The number of unbranched alkanes of at least 4 members (excludes halogenated alkanes) is 1. The second-order valence-electron chi connectivity index (χ2n) is 6.78. The lowest BCUT2D eigenvalue weighted by molar-refractivity contribution is 0.0376. The van der Waals surface area contributed by atoms with Gasteiger partial charge in [0.1, 0.15) is 5.75 Å². The van der Waals surface area contributed by atoms with Gasteiger partial charge >= 0.3 is 0 Å². The first-order valence-electron chi connectivity index (χ1n) is 10.4. The van der Waals surface area contributed by atoms with Crippen molar-refractivity contribution in [2.45, 2.75) is 39.7 Å². The van der Waals surface area contributed by atoms with Crippen LogP contribution in [0.4, 0.5) is 0 Å². The van der Waals surface area contributed by atoms with E-state index in [1.54, 1.807) is 0 Å². The minimum Gasteiger partial charge on any atom is -0.494 e. The van der Waals surface area contributed by atoms with Gasteiger partial charge in [-0.3, -0.25) is 4.90 Å². The Labute approximate surface area is 187 Å². The fourth-order valence-corrected chi connectivity index (χ4v) is 2.91. The molecule has 0 saturated carbocycles. The number of halogens is 1. The molecule has 0 spiro atoms. The minimum absolute atomic E-state index is 0. The molecule has 28 heavy (non-hydrogen) atoms. The highest BCUT2D eigenvalue weighted by Gasteiger charge is 2.09. The summed E-state index contributed by atoms with van der Waals surface area (Å²) in [5, 5.41) is 6.76. The molecule has 0 bridgehead atoms. The maximum Gasteiger partial charge on any atom is 0.191 e. The van der Waals surface area contributed by atoms with Crippen molar-refractivity contribution in [2.75, 3.05) is 52.5 Å². The zero-order valence-corrected chi connectivity index (χ0v) is 19.7. The Morgan fingerprint density at radius 2 is 2.00 bits per heavy atom. The molecule has 0 aromatic heterocycles. The average molecular weight is 504 g/mol. The Morgan fingerprint density at radius 1 is 1.18 bits per heavy atom. The van der Waals surface area contributed by atoms with Crippen LogP contribution in [0.25, 0.3) is 0 Å². The van der Waals surface area contributed by atoms with E-state index in [0.717, 1.165) is 89.1 Å². The van der Waals surface area contributed by atoms with Crippen LogP contribution in [0.3, 0.4) is 0 Å². The molecule has 1 fully saturated rings. The molecule has 0 unspecified atom stereocenters. The fourth-order valence-electron chi connectivity index (χ4n) is 2.91. The summed E-state index contributed by atoms with van der Waals surface area (Å²) in [6.45, 7) is 12.4. The van der Waals surface area contributed by atoms with Gasteiger partial charge in [0.2, 0.25) is 0 Å². The molecule has 1 aliphatic heterocycles. The van der Waals surface area contributed by atoms with Gasteiger partial charge in [-0.1, -0.05) is 25.5 Å². The summed E-state index contributed by atoms with van der Waals surface area (Å²) in [5.41, 5.74) is 1.16. The standard InChI is InChI=1S/C21H36N4O2.HI/c1-3-5-14-27-20-9-6-8-19(17-20)18-24-21(22-4-2)23-10-7-11-25-12-15-26-16-13-25;/h6,8-9,17H,3-5,7,10-16,18H2,1-2H3,(H2,22,23,24);1H. The van der Waals surface area contributed by atoms with E-state index in [0.29, 0.717) is 6.54 Å². The highest BCUT2D eigenvalue weighted by Crippen LogP contribution is 2.14. The summed E-state index contributed by atoms with van der Waals surface area (Å²) in [6, 6.07) is 8.23. The van der Waals surface area contributed by atoms with E-state index in [1.165, 1.54) is 0 Å². The monoisotopic (exact) mass is 504 g/mol. The van der Waals surface area contributed by atoms with Gasteiger partial charge in [-0.2, -0.15) is 0 Å². The molecule has 0 radical (unpaired) electrons. The second kappa shape index (κ2) is 15.8. The number of hydrogen-bond acceptors (Lipinski definition) is 4. The maximum atomic E-state index is 5.79. The quantitative estimate of drug-likeness (QED) is 0.210. The van der Waals surface area contributed by atoms with Crippen LogP contribution >= 0.6 is 24.0 Å². The van der Waals surface area contributed by atoms with Crippen molar-refractivity contribution in [1.82, 2.24) is 15.5 Å². The van der Waals surface area contributed by atoms with Crippen LogP contribution in [0.15, 0.2) is 29.3 Å². The van der Waals surface area contributed by atoms with E-state index in [4.69, 9.17) is 14.5 Å². The molecule has 1 aromatic carbocycles. The fraction of sp³-hybridized carbons (Fsp3) is 0.667.